The van der Waals surface area contributed by atoms with Crippen LogP contribution in [0, 0.1) is 11.6 Å². The minimum absolute atomic E-state index is 0.0356. The summed E-state index contributed by atoms with van der Waals surface area (Å²) in [6.07, 6.45) is 4.12. The Morgan fingerprint density at radius 3 is 2.46 bits per heavy atom. The number of benzene rings is 1. The zero-order chi connectivity index (χ0) is 21.0. The standard InChI is InChI=1S/C23H23F3O2/c1-7-13(3)9-10-14(4)16(6)19(24)22-15(5)11-17-12-18(27-8-2)20(25)21(26)23(17)28-22/h9-10,12H,3-8,11H2,1-2H3/b10-9-,22-19-. The van der Waals surface area contributed by atoms with Crippen LogP contribution in [0.4, 0.5) is 13.2 Å². The molecule has 2 rings (SSSR count). The highest BCUT2D eigenvalue weighted by atomic mass is 19.2. The van der Waals surface area contributed by atoms with Gasteiger partial charge in [0.15, 0.2) is 23.1 Å². The molecule has 2 nitrogen and oxygen atoms in total. The minimum atomic E-state index is -1.23. The Morgan fingerprint density at radius 2 is 1.86 bits per heavy atom. The number of hydrogen-bond acceptors (Lipinski definition) is 2. The Bertz CT molecular complexity index is 920. The lowest BCUT2D eigenvalue weighted by Gasteiger charge is -2.24. The average Bonchev–Trinajstić information content (AvgIpc) is 2.68. The van der Waals surface area contributed by atoms with Crippen LogP contribution in [0.1, 0.15) is 25.8 Å². The van der Waals surface area contributed by atoms with E-state index in [9.17, 15) is 13.2 Å². The third-order valence-corrected chi connectivity index (χ3v) is 4.26. The normalized spacial score (nSPS) is 15.1. The molecule has 0 aliphatic carbocycles. The molecule has 0 unspecified atom stereocenters. The van der Waals surface area contributed by atoms with Crippen molar-refractivity contribution in [2.45, 2.75) is 26.7 Å². The first-order chi connectivity index (χ1) is 13.2. The van der Waals surface area contributed by atoms with Crippen LogP contribution in [0.15, 0.2) is 78.4 Å². The number of allylic oxidation sites excluding steroid dienone is 7. The van der Waals surface area contributed by atoms with Gasteiger partial charge in [-0.25, -0.2) is 4.39 Å². The van der Waals surface area contributed by atoms with Crippen LogP contribution in [-0.4, -0.2) is 6.61 Å². The quantitative estimate of drug-likeness (QED) is 0.486. The second-order valence-corrected chi connectivity index (χ2v) is 6.30. The predicted octanol–water partition coefficient (Wildman–Crippen LogP) is 6.67. The maximum atomic E-state index is 15.0. The zero-order valence-corrected chi connectivity index (χ0v) is 16.1. The first-order valence-corrected chi connectivity index (χ1v) is 8.85. The molecule has 0 aromatic heterocycles. The van der Waals surface area contributed by atoms with E-state index in [4.69, 9.17) is 9.47 Å². The molecular weight excluding hydrogens is 365 g/mol. The van der Waals surface area contributed by atoms with Crippen LogP contribution in [-0.2, 0) is 6.42 Å². The van der Waals surface area contributed by atoms with Crippen molar-refractivity contribution in [3.05, 3.63) is 95.6 Å². The van der Waals surface area contributed by atoms with Gasteiger partial charge >= 0.3 is 0 Å². The monoisotopic (exact) mass is 388 g/mol. The smallest absolute Gasteiger partial charge is 0.205 e. The van der Waals surface area contributed by atoms with Gasteiger partial charge in [0.2, 0.25) is 11.6 Å². The fourth-order valence-electron chi connectivity index (χ4n) is 2.54. The van der Waals surface area contributed by atoms with Crippen molar-refractivity contribution in [2.24, 2.45) is 0 Å². The molecule has 1 aliphatic heterocycles. The lowest BCUT2D eigenvalue weighted by atomic mass is 9.97. The Labute approximate surface area is 163 Å². The summed E-state index contributed by atoms with van der Waals surface area (Å²) < 4.78 is 54.0. The molecule has 0 N–H and O–H groups in total. The molecule has 1 aliphatic rings. The van der Waals surface area contributed by atoms with E-state index in [0.717, 1.165) is 12.0 Å². The second kappa shape index (κ2) is 8.83. The van der Waals surface area contributed by atoms with E-state index in [1.807, 2.05) is 6.92 Å². The van der Waals surface area contributed by atoms with Gasteiger partial charge in [-0.1, -0.05) is 51.0 Å². The Balaban J connectivity index is 2.39. The van der Waals surface area contributed by atoms with Crippen molar-refractivity contribution in [2.75, 3.05) is 6.61 Å². The van der Waals surface area contributed by atoms with Crippen LogP contribution in [0.25, 0.3) is 0 Å². The lowest BCUT2D eigenvalue weighted by Crippen LogP contribution is -2.15. The molecule has 0 amide bonds. The van der Waals surface area contributed by atoms with Crippen LogP contribution >= 0.6 is 0 Å². The van der Waals surface area contributed by atoms with E-state index >= 15 is 0 Å². The molecule has 0 atom stereocenters. The fourth-order valence-corrected chi connectivity index (χ4v) is 2.54. The van der Waals surface area contributed by atoms with E-state index < -0.39 is 17.5 Å². The number of hydrogen-bond donors (Lipinski definition) is 0. The number of rotatable bonds is 7. The van der Waals surface area contributed by atoms with Crippen molar-refractivity contribution < 1.29 is 22.6 Å². The molecule has 1 heterocycles. The molecule has 5 heteroatoms. The van der Waals surface area contributed by atoms with Crippen LogP contribution < -0.4 is 9.47 Å². The van der Waals surface area contributed by atoms with Crippen molar-refractivity contribution in [1.82, 2.24) is 0 Å². The maximum absolute atomic E-state index is 15.0. The highest BCUT2D eigenvalue weighted by Crippen LogP contribution is 2.41. The summed E-state index contributed by atoms with van der Waals surface area (Å²) in [5, 5.41) is 0. The van der Waals surface area contributed by atoms with Gasteiger partial charge in [-0.15, -0.1) is 0 Å². The highest BCUT2D eigenvalue weighted by Gasteiger charge is 2.29. The summed E-state index contributed by atoms with van der Waals surface area (Å²) in [5.74, 6) is -4.14. The SMILES string of the molecule is C=C(/C=C\C(=C)C(=C)/C(F)=C1/Oc2c(cc(OCC)c(F)c2F)CC1=C)CC. The number of ether oxygens (including phenoxy) is 2. The molecule has 28 heavy (non-hydrogen) atoms. The van der Waals surface area contributed by atoms with Crippen molar-refractivity contribution in [1.29, 1.82) is 0 Å². The number of fused-ring (bicyclic) bond motifs is 1. The fraction of sp³-hybridized carbons (Fsp3) is 0.217. The molecule has 1 aromatic rings. The van der Waals surface area contributed by atoms with Gasteiger partial charge in [0, 0.05) is 17.6 Å². The van der Waals surface area contributed by atoms with Crippen LogP contribution in [0.2, 0.25) is 0 Å². The topological polar surface area (TPSA) is 18.5 Å². The Kier molecular flexibility index (Phi) is 6.73. The summed E-state index contributed by atoms with van der Waals surface area (Å²) in [5.41, 5.74) is 1.71. The second-order valence-electron chi connectivity index (χ2n) is 6.30. The summed E-state index contributed by atoms with van der Waals surface area (Å²) in [4.78, 5) is 0. The molecule has 0 radical (unpaired) electrons. The van der Waals surface area contributed by atoms with E-state index in [0.29, 0.717) is 11.1 Å². The van der Waals surface area contributed by atoms with Gasteiger partial charge in [-0.2, -0.15) is 8.78 Å². The van der Waals surface area contributed by atoms with Gasteiger partial charge in [-0.05, 0) is 30.6 Å². The van der Waals surface area contributed by atoms with E-state index in [-0.39, 0.29) is 41.4 Å². The van der Waals surface area contributed by atoms with Gasteiger partial charge in [-0.3, -0.25) is 0 Å². The molecular formula is C23H23F3O2. The third kappa shape index (κ3) is 4.30. The van der Waals surface area contributed by atoms with Crippen LogP contribution in [0.5, 0.6) is 11.5 Å². The predicted molar refractivity (Wildman–Crippen MR) is 106 cm³/mol. The van der Waals surface area contributed by atoms with Crippen LogP contribution in [0.3, 0.4) is 0 Å². The summed E-state index contributed by atoms with van der Waals surface area (Å²) in [6, 6.07) is 1.34. The maximum Gasteiger partial charge on any atom is 0.205 e. The lowest BCUT2D eigenvalue weighted by molar-refractivity contribution is 0.302. The van der Waals surface area contributed by atoms with Gasteiger partial charge in [0.25, 0.3) is 0 Å². The largest absolute Gasteiger partial charge is 0.491 e. The zero-order valence-electron chi connectivity index (χ0n) is 16.1. The first-order valence-electron chi connectivity index (χ1n) is 8.85. The van der Waals surface area contributed by atoms with Crippen molar-refractivity contribution in [3.63, 3.8) is 0 Å². The molecule has 0 fully saturated rings. The third-order valence-electron chi connectivity index (χ3n) is 4.26. The van der Waals surface area contributed by atoms with Gasteiger partial charge in [0.1, 0.15) is 0 Å². The van der Waals surface area contributed by atoms with E-state index in [1.54, 1.807) is 19.1 Å². The summed E-state index contributed by atoms with van der Waals surface area (Å²) in [7, 11) is 0. The first kappa shape index (κ1) is 21.4. The van der Waals surface area contributed by atoms with Crippen molar-refractivity contribution >= 4 is 0 Å². The molecule has 0 bridgehead atoms. The summed E-state index contributed by atoms with van der Waals surface area (Å²) >= 11 is 0. The van der Waals surface area contributed by atoms with E-state index in [2.05, 4.69) is 26.3 Å². The average molecular weight is 388 g/mol. The Hall–Kier alpha value is -2.95. The minimum Gasteiger partial charge on any atom is -0.491 e. The molecule has 0 saturated heterocycles. The van der Waals surface area contributed by atoms with Crippen molar-refractivity contribution in [3.8, 4) is 11.5 Å². The molecule has 0 saturated carbocycles. The van der Waals surface area contributed by atoms with Gasteiger partial charge in [0.05, 0.1) is 6.61 Å². The number of halogens is 3. The van der Waals surface area contributed by atoms with E-state index in [1.165, 1.54) is 6.07 Å². The highest BCUT2D eigenvalue weighted by molar-refractivity contribution is 5.56. The Morgan fingerprint density at radius 1 is 1.18 bits per heavy atom. The summed E-state index contributed by atoms with van der Waals surface area (Å²) in [6.45, 7) is 18.8. The van der Waals surface area contributed by atoms with Gasteiger partial charge < -0.3 is 9.47 Å². The molecule has 0 spiro atoms. The molecule has 1 aromatic carbocycles. The molecule has 148 valence electrons.